The van der Waals surface area contributed by atoms with Gasteiger partial charge in [-0.25, -0.2) is 13.4 Å². The molecule has 30 heavy (non-hydrogen) atoms. The van der Waals surface area contributed by atoms with Crippen molar-refractivity contribution in [1.29, 1.82) is 0 Å². The normalized spacial score (nSPS) is 18.4. The maximum absolute atomic E-state index is 12.7. The third-order valence-corrected chi connectivity index (χ3v) is 7.41. The molecule has 0 amide bonds. The second kappa shape index (κ2) is 9.61. The third kappa shape index (κ3) is 5.20. The summed E-state index contributed by atoms with van der Waals surface area (Å²) in [6, 6.07) is 11.2. The van der Waals surface area contributed by atoms with Gasteiger partial charge in [0.2, 0.25) is 16.0 Å². The molecule has 0 bridgehead atoms. The number of piperidine rings is 1. The van der Waals surface area contributed by atoms with Gasteiger partial charge in [-0.3, -0.25) is 0 Å². The number of aromatic nitrogens is 2. The lowest BCUT2D eigenvalue weighted by molar-refractivity contribution is 0.331. The Hall–Kier alpha value is -2.39. The number of sulfonamides is 1. The van der Waals surface area contributed by atoms with Crippen LogP contribution in [0.3, 0.4) is 0 Å². The van der Waals surface area contributed by atoms with Gasteiger partial charge >= 0.3 is 0 Å². The van der Waals surface area contributed by atoms with Gasteiger partial charge < -0.3 is 14.5 Å². The fraction of sp³-hybridized carbons (Fsp3) is 0.524. The molecule has 0 aliphatic carbocycles. The van der Waals surface area contributed by atoms with Crippen LogP contribution in [-0.2, 0) is 10.0 Å². The highest BCUT2D eigenvalue weighted by atomic mass is 32.2. The lowest BCUT2D eigenvalue weighted by atomic mass is 10.1. The second-order valence-corrected chi connectivity index (χ2v) is 9.71. The number of piperazine rings is 1. The lowest BCUT2D eigenvalue weighted by Crippen LogP contribution is -2.50. The molecule has 0 atom stereocenters. The van der Waals surface area contributed by atoms with Crippen molar-refractivity contribution < 1.29 is 13.2 Å². The second-order valence-electron chi connectivity index (χ2n) is 7.63. The van der Waals surface area contributed by atoms with Gasteiger partial charge in [0.25, 0.3) is 0 Å². The van der Waals surface area contributed by atoms with E-state index in [0.29, 0.717) is 31.9 Å². The molecule has 2 fully saturated rings. The average molecular weight is 432 g/mol. The molecular formula is C21H29N5O3S. The van der Waals surface area contributed by atoms with E-state index in [1.54, 1.807) is 10.5 Å². The zero-order valence-electron chi connectivity index (χ0n) is 17.2. The molecule has 8 nitrogen and oxygen atoms in total. The van der Waals surface area contributed by atoms with E-state index in [0.717, 1.165) is 24.9 Å². The molecule has 2 aliphatic rings. The molecular weight excluding hydrogens is 402 g/mol. The predicted octanol–water partition coefficient (Wildman–Crippen LogP) is 2.00. The highest BCUT2D eigenvalue weighted by molar-refractivity contribution is 7.89. The van der Waals surface area contributed by atoms with Gasteiger partial charge in [-0.15, -0.1) is 0 Å². The average Bonchev–Trinajstić information content (AvgIpc) is 2.80. The Morgan fingerprint density at radius 1 is 0.867 bits per heavy atom. The van der Waals surface area contributed by atoms with E-state index in [9.17, 15) is 8.42 Å². The van der Waals surface area contributed by atoms with Crippen LogP contribution in [0.15, 0.2) is 42.6 Å². The van der Waals surface area contributed by atoms with Crippen molar-refractivity contribution in [2.75, 3.05) is 61.4 Å². The van der Waals surface area contributed by atoms with Gasteiger partial charge in [0.15, 0.2) is 0 Å². The number of anilines is 2. The van der Waals surface area contributed by atoms with Crippen LogP contribution in [0.4, 0.5) is 11.8 Å². The highest BCUT2D eigenvalue weighted by Crippen LogP contribution is 2.20. The number of benzene rings is 1. The molecule has 2 aromatic rings. The fourth-order valence-electron chi connectivity index (χ4n) is 3.87. The summed E-state index contributed by atoms with van der Waals surface area (Å²) >= 11 is 0. The first kappa shape index (κ1) is 20.9. The smallest absolute Gasteiger partial charge is 0.227 e. The van der Waals surface area contributed by atoms with E-state index in [2.05, 4.69) is 14.8 Å². The van der Waals surface area contributed by atoms with Crippen LogP contribution in [0.2, 0.25) is 0 Å². The maximum Gasteiger partial charge on any atom is 0.227 e. The molecule has 0 N–H and O–H groups in total. The molecule has 1 aromatic carbocycles. The lowest BCUT2D eigenvalue weighted by Gasteiger charge is -2.35. The van der Waals surface area contributed by atoms with Crippen molar-refractivity contribution in [3.8, 4) is 5.75 Å². The zero-order valence-corrected chi connectivity index (χ0v) is 18.0. The molecule has 0 radical (unpaired) electrons. The van der Waals surface area contributed by atoms with Crippen molar-refractivity contribution in [2.24, 2.45) is 0 Å². The summed E-state index contributed by atoms with van der Waals surface area (Å²) in [6.07, 6.45) is 5.43. The van der Waals surface area contributed by atoms with Gasteiger partial charge in [-0.1, -0.05) is 18.2 Å². The topological polar surface area (TPSA) is 78.9 Å². The van der Waals surface area contributed by atoms with Crippen molar-refractivity contribution in [3.63, 3.8) is 0 Å². The fourth-order valence-corrected chi connectivity index (χ4v) is 5.14. The number of rotatable bonds is 7. The van der Waals surface area contributed by atoms with Gasteiger partial charge in [-0.05, 0) is 37.5 Å². The van der Waals surface area contributed by atoms with Crippen molar-refractivity contribution in [2.45, 2.75) is 19.3 Å². The minimum atomic E-state index is -3.34. The summed E-state index contributed by atoms with van der Waals surface area (Å²) in [5.41, 5.74) is 0. The third-order valence-electron chi connectivity index (χ3n) is 5.58. The number of nitrogens with zero attached hydrogens (tertiary/aromatic N) is 5. The molecule has 2 aliphatic heterocycles. The number of para-hydroxylation sites is 1. The van der Waals surface area contributed by atoms with E-state index >= 15 is 0 Å². The van der Waals surface area contributed by atoms with Crippen LogP contribution in [0, 0.1) is 0 Å². The van der Waals surface area contributed by atoms with E-state index in [1.807, 2.05) is 36.4 Å². The van der Waals surface area contributed by atoms with Gasteiger partial charge in [0, 0.05) is 45.5 Å². The Bertz CT molecular complexity index is 911. The summed E-state index contributed by atoms with van der Waals surface area (Å²) in [5.74, 6) is 2.32. The Balaban J connectivity index is 1.30. The first-order valence-corrected chi connectivity index (χ1v) is 12.2. The van der Waals surface area contributed by atoms with Crippen LogP contribution in [0.5, 0.6) is 5.75 Å². The minimum absolute atomic E-state index is 0.0193. The standard InChI is InChI=1S/C21H29N5O3S/c27-30(28,18-17-29-19-7-3-1-4-8-19)26-15-13-24(14-16-26)20-9-10-22-21(23-20)25-11-5-2-6-12-25/h1,3-4,7-10H,2,5-6,11-18H2. The van der Waals surface area contributed by atoms with E-state index in [1.165, 1.54) is 19.3 Å². The van der Waals surface area contributed by atoms with E-state index < -0.39 is 10.0 Å². The van der Waals surface area contributed by atoms with Crippen LogP contribution >= 0.6 is 0 Å². The van der Waals surface area contributed by atoms with Crippen molar-refractivity contribution in [1.82, 2.24) is 14.3 Å². The zero-order chi connectivity index (χ0) is 20.8. The summed E-state index contributed by atoms with van der Waals surface area (Å²) in [5, 5.41) is 0. The largest absolute Gasteiger partial charge is 0.492 e. The summed E-state index contributed by atoms with van der Waals surface area (Å²) in [4.78, 5) is 13.6. The summed E-state index contributed by atoms with van der Waals surface area (Å²) in [6.45, 7) is 4.30. The quantitative estimate of drug-likeness (QED) is 0.663. The predicted molar refractivity (Wildman–Crippen MR) is 118 cm³/mol. The molecule has 1 aromatic heterocycles. The maximum atomic E-state index is 12.7. The van der Waals surface area contributed by atoms with Gasteiger partial charge in [-0.2, -0.15) is 9.29 Å². The van der Waals surface area contributed by atoms with Gasteiger partial charge in [0.05, 0.1) is 5.75 Å². The Kier molecular flexibility index (Phi) is 6.69. The molecule has 0 unspecified atom stereocenters. The summed E-state index contributed by atoms with van der Waals surface area (Å²) < 4.78 is 32.5. The number of hydrogen-bond donors (Lipinski definition) is 0. The highest BCUT2D eigenvalue weighted by Gasteiger charge is 2.27. The molecule has 0 saturated carbocycles. The molecule has 2 saturated heterocycles. The van der Waals surface area contributed by atoms with Crippen LogP contribution < -0.4 is 14.5 Å². The summed E-state index contributed by atoms with van der Waals surface area (Å²) in [7, 11) is -3.34. The van der Waals surface area contributed by atoms with Crippen molar-refractivity contribution >= 4 is 21.8 Å². The molecule has 162 valence electrons. The first-order valence-electron chi connectivity index (χ1n) is 10.6. The number of hydrogen-bond acceptors (Lipinski definition) is 7. The van der Waals surface area contributed by atoms with Gasteiger partial charge in [0.1, 0.15) is 18.2 Å². The van der Waals surface area contributed by atoms with E-state index in [4.69, 9.17) is 9.72 Å². The molecule has 3 heterocycles. The Morgan fingerprint density at radius 3 is 2.33 bits per heavy atom. The van der Waals surface area contributed by atoms with Crippen LogP contribution in [0.25, 0.3) is 0 Å². The Morgan fingerprint density at radius 2 is 1.60 bits per heavy atom. The first-order chi connectivity index (χ1) is 14.6. The van der Waals surface area contributed by atoms with E-state index in [-0.39, 0.29) is 12.4 Å². The Labute approximate surface area is 178 Å². The van der Waals surface area contributed by atoms with Crippen LogP contribution in [0.1, 0.15) is 19.3 Å². The number of ether oxygens (including phenoxy) is 1. The van der Waals surface area contributed by atoms with Crippen molar-refractivity contribution in [3.05, 3.63) is 42.6 Å². The minimum Gasteiger partial charge on any atom is -0.492 e. The molecule has 4 rings (SSSR count). The molecule has 0 spiro atoms. The molecule has 9 heteroatoms. The monoisotopic (exact) mass is 431 g/mol. The SMILES string of the molecule is O=S(=O)(CCOc1ccccc1)N1CCN(c2ccnc(N3CCCCC3)n2)CC1. The van der Waals surface area contributed by atoms with Crippen LogP contribution in [-0.4, -0.2) is 74.3 Å².